The third kappa shape index (κ3) is 4.96. The number of halogens is 2. The molecule has 0 spiro atoms. The van der Waals surface area contributed by atoms with E-state index in [0.29, 0.717) is 34.5 Å². The number of carbonyl (C=O) groups is 1. The summed E-state index contributed by atoms with van der Waals surface area (Å²) in [5.74, 6) is 0.473. The lowest BCUT2D eigenvalue weighted by molar-refractivity contribution is -0.116. The SMILES string of the molecule is CCOc1c(/C(C)=C/C(=O)NCc2ccccn2)cc2c(-c3ccc(Cl)cc3Cl)coc2c1C. The van der Waals surface area contributed by atoms with Gasteiger partial charge in [-0.15, -0.1) is 0 Å². The number of ether oxygens (including phenoxy) is 1. The average molecular weight is 495 g/mol. The highest BCUT2D eigenvalue weighted by molar-refractivity contribution is 6.36. The predicted octanol–water partition coefficient (Wildman–Crippen LogP) is 7.23. The summed E-state index contributed by atoms with van der Waals surface area (Å²) in [4.78, 5) is 16.9. The fourth-order valence-corrected chi connectivity index (χ4v) is 4.37. The van der Waals surface area contributed by atoms with Gasteiger partial charge < -0.3 is 14.5 Å². The minimum atomic E-state index is -0.212. The average Bonchev–Trinajstić information content (AvgIpc) is 3.24. The summed E-state index contributed by atoms with van der Waals surface area (Å²) in [6.07, 6.45) is 4.95. The molecule has 1 amide bonds. The fourth-order valence-electron chi connectivity index (χ4n) is 3.86. The van der Waals surface area contributed by atoms with Crippen LogP contribution in [0.1, 0.15) is 30.7 Å². The van der Waals surface area contributed by atoms with Crippen LogP contribution in [-0.4, -0.2) is 17.5 Å². The molecule has 7 heteroatoms. The van der Waals surface area contributed by atoms with E-state index in [1.165, 1.54) is 0 Å². The van der Waals surface area contributed by atoms with Crippen molar-refractivity contribution in [2.24, 2.45) is 0 Å². The summed E-state index contributed by atoms with van der Waals surface area (Å²) < 4.78 is 11.9. The van der Waals surface area contributed by atoms with Crippen LogP contribution < -0.4 is 10.1 Å². The lowest BCUT2D eigenvalue weighted by atomic mass is 9.96. The van der Waals surface area contributed by atoms with E-state index >= 15 is 0 Å². The van der Waals surface area contributed by atoms with E-state index in [9.17, 15) is 4.79 Å². The number of aromatic nitrogens is 1. The highest BCUT2D eigenvalue weighted by Gasteiger charge is 2.20. The van der Waals surface area contributed by atoms with Crippen LogP contribution in [0.15, 0.2) is 65.4 Å². The molecule has 0 aliphatic carbocycles. The molecule has 4 rings (SSSR count). The molecular weight excluding hydrogens is 471 g/mol. The zero-order valence-corrected chi connectivity index (χ0v) is 20.6. The van der Waals surface area contributed by atoms with Gasteiger partial charge >= 0.3 is 0 Å². The number of benzene rings is 2. The van der Waals surface area contributed by atoms with E-state index in [2.05, 4.69) is 10.3 Å². The number of amides is 1. The third-order valence-electron chi connectivity index (χ3n) is 5.50. The molecule has 0 atom stereocenters. The second-order valence-electron chi connectivity index (χ2n) is 7.83. The smallest absolute Gasteiger partial charge is 0.244 e. The zero-order valence-electron chi connectivity index (χ0n) is 19.1. The number of hydrogen-bond donors (Lipinski definition) is 1. The van der Waals surface area contributed by atoms with Crippen molar-refractivity contribution < 1.29 is 13.9 Å². The van der Waals surface area contributed by atoms with Gasteiger partial charge in [0.2, 0.25) is 5.91 Å². The Morgan fingerprint density at radius 2 is 2.00 bits per heavy atom. The topological polar surface area (TPSA) is 64.4 Å². The molecule has 0 unspecified atom stereocenters. The number of allylic oxidation sites excluding steroid dienone is 1. The Balaban J connectivity index is 1.74. The minimum absolute atomic E-state index is 0.212. The van der Waals surface area contributed by atoms with Gasteiger partial charge in [-0.2, -0.15) is 0 Å². The van der Waals surface area contributed by atoms with Crippen molar-refractivity contribution in [1.82, 2.24) is 10.3 Å². The van der Waals surface area contributed by atoms with Gasteiger partial charge in [-0.25, -0.2) is 0 Å². The maximum atomic E-state index is 12.6. The van der Waals surface area contributed by atoms with E-state index in [4.69, 9.17) is 32.4 Å². The van der Waals surface area contributed by atoms with Crippen LogP contribution in [0.4, 0.5) is 0 Å². The summed E-state index contributed by atoms with van der Waals surface area (Å²) >= 11 is 12.6. The number of aryl methyl sites for hydroxylation is 1. The Bertz CT molecular complexity index is 1380. The van der Waals surface area contributed by atoms with Gasteiger partial charge in [0, 0.05) is 44.9 Å². The van der Waals surface area contributed by atoms with Gasteiger partial charge in [-0.3, -0.25) is 9.78 Å². The Hall–Kier alpha value is -3.28. The molecule has 5 nitrogen and oxygen atoms in total. The molecule has 1 N–H and O–H groups in total. The summed E-state index contributed by atoms with van der Waals surface area (Å²) in [6, 6.07) is 12.9. The van der Waals surface area contributed by atoms with Gasteiger partial charge in [0.25, 0.3) is 0 Å². The number of rotatable bonds is 7. The van der Waals surface area contributed by atoms with E-state index in [1.54, 1.807) is 30.7 Å². The van der Waals surface area contributed by atoms with Crippen LogP contribution >= 0.6 is 23.2 Å². The zero-order chi connectivity index (χ0) is 24.2. The van der Waals surface area contributed by atoms with Crippen molar-refractivity contribution in [3.05, 3.63) is 87.9 Å². The summed E-state index contributed by atoms with van der Waals surface area (Å²) in [7, 11) is 0. The Labute approximate surface area is 208 Å². The lowest BCUT2D eigenvalue weighted by Gasteiger charge is -2.15. The molecule has 0 saturated heterocycles. The monoisotopic (exact) mass is 494 g/mol. The first-order chi connectivity index (χ1) is 16.4. The first-order valence-corrected chi connectivity index (χ1v) is 11.6. The van der Waals surface area contributed by atoms with Gasteiger partial charge in [0.1, 0.15) is 11.3 Å². The van der Waals surface area contributed by atoms with Crippen molar-refractivity contribution >= 4 is 45.7 Å². The summed E-state index contributed by atoms with van der Waals surface area (Å²) in [6.45, 7) is 6.59. The minimum Gasteiger partial charge on any atom is -0.493 e. The quantitative estimate of drug-likeness (QED) is 0.275. The number of pyridine rings is 1. The highest BCUT2D eigenvalue weighted by atomic mass is 35.5. The van der Waals surface area contributed by atoms with Crippen LogP contribution in [0.2, 0.25) is 10.0 Å². The molecule has 0 aliphatic rings. The molecule has 2 heterocycles. The van der Waals surface area contributed by atoms with Crippen molar-refractivity contribution in [1.29, 1.82) is 0 Å². The maximum Gasteiger partial charge on any atom is 0.244 e. The predicted molar refractivity (Wildman–Crippen MR) is 137 cm³/mol. The maximum absolute atomic E-state index is 12.6. The molecule has 0 saturated carbocycles. The van der Waals surface area contributed by atoms with Gasteiger partial charge in [0.05, 0.1) is 30.1 Å². The van der Waals surface area contributed by atoms with Crippen LogP contribution in [0.5, 0.6) is 5.75 Å². The Kier molecular flexibility index (Phi) is 7.25. The van der Waals surface area contributed by atoms with Crippen molar-refractivity contribution in [2.45, 2.75) is 27.3 Å². The second kappa shape index (κ2) is 10.3. The van der Waals surface area contributed by atoms with E-state index in [-0.39, 0.29) is 5.91 Å². The highest BCUT2D eigenvalue weighted by Crippen LogP contribution is 2.42. The van der Waals surface area contributed by atoms with Crippen LogP contribution in [0.3, 0.4) is 0 Å². The van der Waals surface area contributed by atoms with Crippen LogP contribution in [0.25, 0.3) is 27.7 Å². The van der Waals surface area contributed by atoms with E-state index < -0.39 is 0 Å². The second-order valence-corrected chi connectivity index (χ2v) is 8.67. The van der Waals surface area contributed by atoms with Crippen molar-refractivity contribution in [3.8, 4) is 16.9 Å². The number of carbonyl (C=O) groups excluding carboxylic acids is 1. The van der Waals surface area contributed by atoms with Gasteiger partial charge in [-0.05, 0) is 56.7 Å². The number of furan rings is 1. The summed E-state index contributed by atoms with van der Waals surface area (Å²) in [5, 5.41) is 4.85. The molecule has 0 aliphatic heterocycles. The number of nitrogens with one attached hydrogen (secondary N) is 1. The molecule has 2 aromatic carbocycles. The standard InChI is InChI=1S/C27H24Cl2N2O3/c1-4-33-26-17(3)27-22(23(15-34-27)20-9-8-18(28)12-24(20)29)13-21(26)16(2)11-25(32)31-14-19-7-5-6-10-30-19/h5-13,15H,4,14H2,1-3H3,(H,31,32)/b16-11+. The first-order valence-electron chi connectivity index (χ1n) is 10.9. The third-order valence-corrected chi connectivity index (χ3v) is 6.04. The number of hydrogen-bond acceptors (Lipinski definition) is 4. The van der Waals surface area contributed by atoms with Gasteiger partial charge in [0.15, 0.2) is 0 Å². The van der Waals surface area contributed by atoms with E-state index in [0.717, 1.165) is 38.9 Å². The molecule has 34 heavy (non-hydrogen) atoms. The molecule has 4 aromatic rings. The number of nitrogens with zero attached hydrogens (tertiary/aromatic N) is 1. The van der Waals surface area contributed by atoms with Crippen molar-refractivity contribution in [3.63, 3.8) is 0 Å². The molecule has 2 aromatic heterocycles. The van der Waals surface area contributed by atoms with Gasteiger partial charge in [-0.1, -0.05) is 35.3 Å². The molecule has 0 radical (unpaired) electrons. The van der Waals surface area contributed by atoms with E-state index in [1.807, 2.05) is 51.1 Å². The lowest BCUT2D eigenvalue weighted by Crippen LogP contribution is -2.21. The fraction of sp³-hybridized carbons (Fsp3) is 0.185. The van der Waals surface area contributed by atoms with Crippen molar-refractivity contribution in [2.75, 3.05) is 6.61 Å². The molecule has 0 bridgehead atoms. The largest absolute Gasteiger partial charge is 0.493 e. The molecule has 0 fully saturated rings. The first kappa shape index (κ1) is 23.9. The van der Waals surface area contributed by atoms with Crippen LogP contribution in [-0.2, 0) is 11.3 Å². The Morgan fingerprint density at radius 3 is 2.71 bits per heavy atom. The Morgan fingerprint density at radius 1 is 1.18 bits per heavy atom. The van der Waals surface area contributed by atoms with Crippen LogP contribution in [0, 0.1) is 6.92 Å². The molecule has 174 valence electrons. The normalized spacial score (nSPS) is 11.6. The molecular formula is C27H24Cl2N2O3. The number of fused-ring (bicyclic) bond motifs is 1. The summed E-state index contributed by atoms with van der Waals surface area (Å²) in [5.41, 5.74) is 5.59.